The molecule has 0 unspecified atom stereocenters. The third-order valence-electron chi connectivity index (χ3n) is 6.30. The van der Waals surface area contributed by atoms with E-state index in [-0.39, 0.29) is 0 Å². The Balaban J connectivity index is 1.39. The fourth-order valence-electron chi connectivity index (χ4n) is 4.52. The molecule has 4 aromatic rings. The van der Waals surface area contributed by atoms with E-state index in [9.17, 15) is 0 Å². The Labute approximate surface area is 172 Å². The highest BCUT2D eigenvalue weighted by Gasteiger charge is 2.19. The Morgan fingerprint density at radius 3 is 2.38 bits per heavy atom. The van der Waals surface area contributed by atoms with Crippen LogP contribution in [0.5, 0.6) is 0 Å². The molecule has 3 aromatic carbocycles. The molecule has 1 saturated heterocycles. The van der Waals surface area contributed by atoms with Crippen molar-refractivity contribution < 1.29 is 0 Å². The summed E-state index contributed by atoms with van der Waals surface area (Å²) in [6.45, 7) is 5.87. The second-order valence-electron chi connectivity index (χ2n) is 8.03. The Hall–Kier alpha value is -2.91. The third kappa shape index (κ3) is 3.70. The topological polar surface area (TPSA) is 28.2 Å². The van der Waals surface area contributed by atoms with Crippen LogP contribution in [0.25, 0.3) is 21.7 Å². The van der Waals surface area contributed by atoms with Gasteiger partial charge in [0.05, 0.1) is 5.52 Å². The number of likely N-dealkylation sites (tertiary alicyclic amines) is 1. The highest BCUT2D eigenvalue weighted by atomic mass is 15.1. The van der Waals surface area contributed by atoms with Gasteiger partial charge in [-0.05, 0) is 85.1 Å². The lowest BCUT2D eigenvalue weighted by Crippen LogP contribution is -2.32. The van der Waals surface area contributed by atoms with Crippen molar-refractivity contribution in [1.82, 2.24) is 9.88 Å². The number of benzene rings is 3. The highest BCUT2D eigenvalue weighted by molar-refractivity contribution is 6.02. The minimum atomic E-state index is 0.694. The average molecular weight is 382 g/mol. The van der Waals surface area contributed by atoms with Crippen LogP contribution in [0.2, 0.25) is 0 Å². The molecule has 2 heterocycles. The van der Waals surface area contributed by atoms with Crippen LogP contribution in [-0.2, 0) is 0 Å². The lowest BCUT2D eigenvalue weighted by molar-refractivity contribution is 0.222. The van der Waals surface area contributed by atoms with Crippen LogP contribution in [-0.4, -0.2) is 29.5 Å². The van der Waals surface area contributed by atoms with Crippen LogP contribution in [0.4, 0.5) is 11.4 Å². The zero-order valence-corrected chi connectivity index (χ0v) is 16.9. The molecule has 1 N–H and O–H groups in total. The highest BCUT2D eigenvalue weighted by Crippen LogP contribution is 2.31. The first-order chi connectivity index (χ1) is 14.3. The number of anilines is 2. The first-order valence-corrected chi connectivity index (χ1v) is 10.7. The number of fused-ring (bicyclic) bond motifs is 2. The number of hydrogen-bond acceptors (Lipinski definition) is 3. The van der Waals surface area contributed by atoms with E-state index in [0.29, 0.717) is 5.92 Å². The van der Waals surface area contributed by atoms with Crippen molar-refractivity contribution in [2.75, 3.05) is 25.0 Å². The minimum absolute atomic E-state index is 0.694. The lowest BCUT2D eigenvalue weighted by atomic mass is 9.89. The Kier molecular flexibility index (Phi) is 4.91. The lowest BCUT2D eigenvalue weighted by Gasteiger charge is -2.31. The zero-order valence-electron chi connectivity index (χ0n) is 16.9. The van der Waals surface area contributed by atoms with E-state index in [1.807, 2.05) is 6.20 Å². The molecule has 0 atom stereocenters. The molecule has 0 saturated carbocycles. The minimum Gasteiger partial charge on any atom is -0.355 e. The second-order valence-corrected chi connectivity index (χ2v) is 8.03. The molecule has 3 nitrogen and oxygen atoms in total. The molecule has 0 bridgehead atoms. The summed E-state index contributed by atoms with van der Waals surface area (Å²) < 4.78 is 0. The summed E-state index contributed by atoms with van der Waals surface area (Å²) in [5, 5.41) is 7.23. The molecule has 1 fully saturated rings. The first-order valence-electron chi connectivity index (χ1n) is 10.7. The van der Waals surface area contributed by atoms with E-state index >= 15 is 0 Å². The molecule has 0 amide bonds. The van der Waals surface area contributed by atoms with Gasteiger partial charge >= 0.3 is 0 Å². The van der Waals surface area contributed by atoms with E-state index < -0.39 is 0 Å². The summed E-state index contributed by atoms with van der Waals surface area (Å²) in [5.41, 5.74) is 4.72. The number of rotatable bonds is 4. The van der Waals surface area contributed by atoms with Crippen LogP contribution in [0, 0.1) is 0 Å². The van der Waals surface area contributed by atoms with Crippen molar-refractivity contribution in [3.63, 3.8) is 0 Å². The van der Waals surface area contributed by atoms with Gasteiger partial charge in [0, 0.05) is 23.0 Å². The van der Waals surface area contributed by atoms with Gasteiger partial charge in [-0.2, -0.15) is 0 Å². The largest absolute Gasteiger partial charge is 0.355 e. The summed E-state index contributed by atoms with van der Waals surface area (Å²) in [5.74, 6) is 0.694. The van der Waals surface area contributed by atoms with Gasteiger partial charge in [-0.25, -0.2) is 0 Å². The standard InChI is InChI=1S/C26H27N3/c1-2-29-15-12-20(13-16-29)19-7-9-23(10-8-19)28-25-11-14-27-26-18-22-6-4-3-5-21(22)17-24(25)26/h3-11,14,17-18,20H,2,12-13,15-16H2,1H3,(H,27,28). The number of nitrogens with one attached hydrogen (secondary N) is 1. The predicted octanol–water partition coefficient (Wildman–Crippen LogP) is 6.33. The van der Waals surface area contributed by atoms with Crippen LogP contribution < -0.4 is 5.32 Å². The molecular weight excluding hydrogens is 354 g/mol. The van der Waals surface area contributed by atoms with Crippen molar-refractivity contribution in [1.29, 1.82) is 0 Å². The van der Waals surface area contributed by atoms with E-state index in [1.165, 1.54) is 48.8 Å². The monoisotopic (exact) mass is 381 g/mol. The van der Waals surface area contributed by atoms with Crippen molar-refractivity contribution in [2.24, 2.45) is 0 Å². The smallest absolute Gasteiger partial charge is 0.0729 e. The summed E-state index contributed by atoms with van der Waals surface area (Å²) in [7, 11) is 0. The van der Waals surface area contributed by atoms with Crippen LogP contribution >= 0.6 is 0 Å². The maximum absolute atomic E-state index is 4.58. The average Bonchev–Trinajstić information content (AvgIpc) is 2.79. The predicted molar refractivity (Wildman–Crippen MR) is 123 cm³/mol. The molecule has 1 aliphatic heterocycles. The van der Waals surface area contributed by atoms with E-state index in [2.05, 4.69) is 88.9 Å². The van der Waals surface area contributed by atoms with Gasteiger partial charge in [0.25, 0.3) is 0 Å². The van der Waals surface area contributed by atoms with Gasteiger partial charge in [0.15, 0.2) is 0 Å². The molecule has 29 heavy (non-hydrogen) atoms. The molecule has 1 aliphatic rings. The molecule has 0 radical (unpaired) electrons. The van der Waals surface area contributed by atoms with Crippen molar-refractivity contribution in [2.45, 2.75) is 25.7 Å². The molecule has 0 aliphatic carbocycles. The van der Waals surface area contributed by atoms with Gasteiger partial charge < -0.3 is 10.2 Å². The third-order valence-corrected chi connectivity index (χ3v) is 6.30. The van der Waals surface area contributed by atoms with Crippen molar-refractivity contribution in [3.05, 3.63) is 78.5 Å². The van der Waals surface area contributed by atoms with Crippen LogP contribution in [0.15, 0.2) is 72.9 Å². The number of nitrogens with zero attached hydrogens (tertiary/aromatic N) is 2. The molecular formula is C26H27N3. The summed E-state index contributed by atoms with van der Waals surface area (Å²) >= 11 is 0. The second kappa shape index (κ2) is 7.84. The van der Waals surface area contributed by atoms with Gasteiger partial charge in [-0.3, -0.25) is 4.98 Å². The number of pyridine rings is 1. The van der Waals surface area contributed by atoms with Gasteiger partial charge in [0.1, 0.15) is 0 Å². The Morgan fingerprint density at radius 2 is 1.66 bits per heavy atom. The Morgan fingerprint density at radius 1 is 0.931 bits per heavy atom. The quantitative estimate of drug-likeness (QED) is 0.419. The molecule has 3 heteroatoms. The Bertz CT molecular complexity index is 1130. The zero-order chi connectivity index (χ0) is 19.6. The fraction of sp³-hybridized carbons (Fsp3) is 0.269. The van der Waals surface area contributed by atoms with Crippen molar-refractivity contribution in [3.8, 4) is 0 Å². The van der Waals surface area contributed by atoms with Gasteiger partial charge in [-0.1, -0.05) is 43.3 Å². The SMILES string of the molecule is CCN1CCC(c2ccc(Nc3ccnc4cc5ccccc5cc34)cc2)CC1. The summed E-state index contributed by atoms with van der Waals surface area (Å²) in [4.78, 5) is 7.12. The van der Waals surface area contributed by atoms with Gasteiger partial charge in [0.2, 0.25) is 0 Å². The number of aromatic nitrogens is 1. The van der Waals surface area contributed by atoms with Crippen LogP contribution in [0.1, 0.15) is 31.2 Å². The molecule has 5 rings (SSSR count). The maximum Gasteiger partial charge on any atom is 0.0729 e. The van der Waals surface area contributed by atoms with Crippen LogP contribution in [0.3, 0.4) is 0 Å². The molecule has 146 valence electrons. The first kappa shape index (κ1) is 18.1. The fourth-order valence-corrected chi connectivity index (χ4v) is 4.52. The van der Waals surface area contributed by atoms with E-state index in [1.54, 1.807) is 0 Å². The number of hydrogen-bond donors (Lipinski definition) is 1. The van der Waals surface area contributed by atoms with E-state index in [0.717, 1.165) is 22.3 Å². The molecule has 0 spiro atoms. The maximum atomic E-state index is 4.58. The number of piperidine rings is 1. The summed E-state index contributed by atoms with van der Waals surface area (Å²) in [6, 6.07) is 23.9. The normalized spacial score (nSPS) is 15.8. The summed E-state index contributed by atoms with van der Waals surface area (Å²) in [6.07, 6.45) is 4.42. The van der Waals surface area contributed by atoms with Crippen molar-refractivity contribution >= 4 is 33.1 Å². The van der Waals surface area contributed by atoms with Gasteiger partial charge in [-0.15, -0.1) is 0 Å². The van der Waals surface area contributed by atoms with E-state index in [4.69, 9.17) is 0 Å². The molecule has 1 aromatic heterocycles.